The summed E-state index contributed by atoms with van der Waals surface area (Å²) < 4.78 is 13.3. The standard InChI is InChI=1S/C16H25FN2/c1-16(2,3)9-12-7-14(18)11-19(10-12)15-6-4-5-13(17)8-15/h4-6,8,12,14H,7,9-11,18H2,1-3H3. The molecule has 106 valence electrons. The molecule has 0 spiro atoms. The number of piperidine rings is 1. The smallest absolute Gasteiger partial charge is 0.125 e. The Kier molecular flexibility index (Phi) is 4.14. The fraction of sp³-hybridized carbons (Fsp3) is 0.625. The van der Waals surface area contributed by atoms with Crippen molar-refractivity contribution < 1.29 is 4.39 Å². The molecule has 1 aliphatic heterocycles. The largest absolute Gasteiger partial charge is 0.370 e. The van der Waals surface area contributed by atoms with E-state index in [9.17, 15) is 4.39 Å². The molecule has 0 radical (unpaired) electrons. The molecule has 2 N–H and O–H groups in total. The van der Waals surface area contributed by atoms with E-state index in [4.69, 9.17) is 5.73 Å². The first-order chi connectivity index (χ1) is 8.83. The third-order valence-electron chi connectivity index (χ3n) is 3.64. The highest BCUT2D eigenvalue weighted by molar-refractivity contribution is 5.47. The highest BCUT2D eigenvalue weighted by Crippen LogP contribution is 2.31. The first kappa shape index (κ1) is 14.3. The van der Waals surface area contributed by atoms with Crippen LogP contribution in [-0.4, -0.2) is 19.1 Å². The van der Waals surface area contributed by atoms with Crippen molar-refractivity contribution in [2.24, 2.45) is 17.1 Å². The van der Waals surface area contributed by atoms with Crippen LogP contribution in [-0.2, 0) is 0 Å². The quantitative estimate of drug-likeness (QED) is 0.887. The summed E-state index contributed by atoms with van der Waals surface area (Å²) in [6.07, 6.45) is 2.23. The van der Waals surface area contributed by atoms with Crippen LogP contribution in [0.25, 0.3) is 0 Å². The molecule has 0 amide bonds. The van der Waals surface area contributed by atoms with Crippen LogP contribution in [0.3, 0.4) is 0 Å². The van der Waals surface area contributed by atoms with Gasteiger partial charge in [0.2, 0.25) is 0 Å². The van der Waals surface area contributed by atoms with Crippen molar-refractivity contribution in [3.05, 3.63) is 30.1 Å². The molecular weight excluding hydrogens is 239 g/mol. The van der Waals surface area contributed by atoms with Crippen molar-refractivity contribution in [3.63, 3.8) is 0 Å². The maximum Gasteiger partial charge on any atom is 0.125 e. The molecule has 1 fully saturated rings. The number of anilines is 1. The van der Waals surface area contributed by atoms with E-state index in [0.717, 1.165) is 31.6 Å². The number of hydrogen-bond donors (Lipinski definition) is 1. The summed E-state index contributed by atoms with van der Waals surface area (Å²) in [5.74, 6) is 0.413. The van der Waals surface area contributed by atoms with Gasteiger partial charge in [0.15, 0.2) is 0 Å². The summed E-state index contributed by atoms with van der Waals surface area (Å²) in [5.41, 5.74) is 7.44. The van der Waals surface area contributed by atoms with Gasteiger partial charge >= 0.3 is 0 Å². The van der Waals surface area contributed by atoms with Crippen molar-refractivity contribution in [2.45, 2.75) is 39.7 Å². The normalized spacial score (nSPS) is 24.6. The molecule has 2 atom stereocenters. The Morgan fingerprint density at radius 2 is 2.05 bits per heavy atom. The lowest BCUT2D eigenvalue weighted by molar-refractivity contribution is 0.253. The summed E-state index contributed by atoms with van der Waals surface area (Å²) in [6, 6.07) is 7.01. The third-order valence-corrected chi connectivity index (χ3v) is 3.64. The molecule has 0 bridgehead atoms. The van der Waals surface area contributed by atoms with Gasteiger partial charge in [-0.2, -0.15) is 0 Å². The Morgan fingerprint density at radius 3 is 2.68 bits per heavy atom. The van der Waals surface area contributed by atoms with Crippen LogP contribution < -0.4 is 10.6 Å². The predicted molar refractivity (Wildman–Crippen MR) is 78.8 cm³/mol. The van der Waals surface area contributed by atoms with E-state index in [-0.39, 0.29) is 11.9 Å². The van der Waals surface area contributed by atoms with Crippen LogP contribution in [0.1, 0.15) is 33.6 Å². The Labute approximate surface area is 115 Å². The van der Waals surface area contributed by atoms with Crippen LogP contribution in [0.2, 0.25) is 0 Å². The number of rotatable bonds is 2. The van der Waals surface area contributed by atoms with Gasteiger partial charge in [0.25, 0.3) is 0 Å². The Hall–Kier alpha value is -1.09. The van der Waals surface area contributed by atoms with Crippen molar-refractivity contribution >= 4 is 5.69 Å². The SMILES string of the molecule is CC(C)(C)CC1CC(N)CN(c2cccc(F)c2)C1. The lowest BCUT2D eigenvalue weighted by Gasteiger charge is -2.40. The van der Waals surface area contributed by atoms with E-state index >= 15 is 0 Å². The fourth-order valence-corrected chi connectivity index (χ4v) is 3.14. The highest BCUT2D eigenvalue weighted by Gasteiger charge is 2.28. The number of nitrogens with two attached hydrogens (primary N) is 1. The van der Waals surface area contributed by atoms with E-state index in [0.29, 0.717) is 11.3 Å². The van der Waals surface area contributed by atoms with Gasteiger partial charge in [-0.15, -0.1) is 0 Å². The van der Waals surface area contributed by atoms with Gasteiger partial charge in [0.05, 0.1) is 0 Å². The van der Waals surface area contributed by atoms with Crippen molar-refractivity contribution in [3.8, 4) is 0 Å². The minimum atomic E-state index is -0.177. The van der Waals surface area contributed by atoms with E-state index in [1.165, 1.54) is 6.07 Å². The van der Waals surface area contributed by atoms with Crippen LogP contribution in [0, 0.1) is 17.2 Å². The topological polar surface area (TPSA) is 29.3 Å². The summed E-state index contributed by atoms with van der Waals surface area (Å²) in [6.45, 7) is 8.59. The fourth-order valence-electron chi connectivity index (χ4n) is 3.14. The number of benzene rings is 1. The molecule has 0 aliphatic carbocycles. The van der Waals surface area contributed by atoms with Crippen LogP contribution in [0.4, 0.5) is 10.1 Å². The minimum absolute atomic E-state index is 0.177. The molecule has 0 aromatic heterocycles. The van der Waals surface area contributed by atoms with E-state index in [2.05, 4.69) is 25.7 Å². The van der Waals surface area contributed by atoms with Gasteiger partial charge < -0.3 is 10.6 Å². The molecule has 0 saturated carbocycles. The molecule has 2 rings (SSSR count). The molecule has 1 saturated heterocycles. The number of nitrogens with zero attached hydrogens (tertiary/aromatic N) is 1. The first-order valence-corrected chi connectivity index (χ1v) is 7.09. The van der Waals surface area contributed by atoms with Gasteiger partial charge in [-0.1, -0.05) is 26.8 Å². The second-order valence-corrected chi connectivity index (χ2v) is 7.01. The average Bonchev–Trinajstić information content (AvgIpc) is 2.25. The Morgan fingerprint density at radius 1 is 1.32 bits per heavy atom. The van der Waals surface area contributed by atoms with Gasteiger partial charge in [-0.05, 0) is 42.4 Å². The predicted octanol–water partition coefficient (Wildman–Crippen LogP) is 3.42. The molecule has 2 nitrogen and oxygen atoms in total. The average molecular weight is 264 g/mol. The lowest BCUT2D eigenvalue weighted by atomic mass is 9.80. The minimum Gasteiger partial charge on any atom is -0.370 e. The summed E-state index contributed by atoms with van der Waals surface area (Å²) in [4.78, 5) is 2.23. The van der Waals surface area contributed by atoms with E-state index < -0.39 is 0 Å². The molecule has 1 aliphatic rings. The number of hydrogen-bond acceptors (Lipinski definition) is 2. The molecule has 3 heteroatoms. The maximum absolute atomic E-state index is 13.3. The summed E-state index contributed by atoms with van der Waals surface area (Å²) in [7, 11) is 0. The molecule has 1 aromatic rings. The number of halogens is 1. The van der Waals surface area contributed by atoms with Crippen LogP contribution in [0.5, 0.6) is 0 Å². The van der Waals surface area contributed by atoms with Gasteiger partial charge in [0.1, 0.15) is 5.82 Å². The molecular formula is C16H25FN2. The van der Waals surface area contributed by atoms with Gasteiger partial charge in [0, 0.05) is 24.8 Å². The van der Waals surface area contributed by atoms with Gasteiger partial charge in [-0.3, -0.25) is 0 Å². The zero-order valence-corrected chi connectivity index (χ0v) is 12.2. The third kappa shape index (κ3) is 4.20. The van der Waals surface area contributed by atoms with Crippen molar-refractivity contribution in [1.82, 2.24) is 0 Å². The summed E-state index contributed by atoms with van der Waals surface area (Å²) in [5, 5.41) is 0. The first-order valence-electron chi connectivity index (χ1n) is 7.09. The molecule has 1 heterocycles. The maximum atomic E-state index is 13.3. The molecule has 1 aromatic carbocycles. The van der Waals surface area contributed by atoms with E-state index in [1.54, 1.807) is 12.1 Å². The van der Waals surface area contributed by atoms with Crippen molar-refractivity contribution in [1.29, 1.82) is 0 Å². The lowest BCUT2D eigenvalue weighted by Crippen LogP contribution is -2.47. The van der Waals surface area contributed by atoms with E-state index in [1.807, 2.05) is 6.07 Å². The van der Waals surface area contributed by atoms with Crippen LogP contribution in [0.15, 0.2) is 24.3 Å². The summed E-state index contributed by atoms with van der Waals surface area (Å²) >= 11 is 0. The van der Waals surface area contributed by atoms with Crippen molar-refractivity contribution in [2.75, 3.05) is 18.0 Å². The van der Waals surface area contributed by atoms with Crippen LogP contribution >= 0.6 is 0 Å². The Bertz CT molecular complexity index is 425. The zero-order chi connectivity index (χ0) is 14.0. The van der Waals surface area contributed by atoms with Gasteiger partial charge in [-0.25, -0.2) is 4.39 Å². The second kappa shape index (κ2) is 5.49. The molecule has 2 unspecified atom stereocenters. The Balaban J connectivity index is 2.09. The highest BCUT2D eigenvalue weighted by atomic mass is 19.1. The molecule has 19 heavy (non-hydrogen) atoms. The zero-order valence-electron chi connectivity index (χ0n) is 12.2. The second-order valence-electron chi connectivity index (χ2n) is 7.01. The monoisotopic (exact) mass is 264 g/mol.